The lowest BCUT2D eigenvalue weighted by Crippen LogP contribution is -2.43. The van der Waals surface area contributed by atoms with Crippen LogP contribution in [0.1, 0.15) is 46.5 Å². The van der Waals surface area contributed by atoms with Crippen molar-refractivity contribution in [1.29, 1.82) is 0 Å². The Balaban J connectivity index is 2.46. The molecule has 2 heteroatoms. The molecule has 0 radical (unpaired) electrons. The molecule has 0 spiro atoms. The first-order valence-electron chi connectivity index (χ1n) is 6.14. The standard InChI is InChI=1S/C12H25NS/c1-4-10(3)12(13-5-2)11-8-6-7-9-14-11/h10-13H,4-9H2,1-3H3. The van der Waals surface area contributed by atoms with Gasteiger partial charge in [-0.1, -0.05) is 33.6 Å². The molecule has 1 nitrogen and oxygen atoms in total. The highest BCUT2D eigenvalue weighted by atomic mass is 32.2. The summed E-state index contributed by atoms with van der Waals surface area (Å²) in [6.07, 6.45) is 5.60. The lowest BCUT2D eigenvalue weighted by Gasteiger charge is -2.34. The lowest BCUT2D eigenvalue weighted by atomic mass is 9.93. The molecule has 1 N–H and O–H groups in total. The summed E-state index contributed by atoms with van der Waals surface area (Å²) in [5, 5.41) is 4.56. The van der Waals surface area contributed by atoms with Crippen LogP contribution in [0.4, 0.5) is 0 Å². The van der Waals surface area contributed by atoms with E-state index in [0.717, 1.165) is 23.8 Å². The maximum Gasteiger partial charge on any atom is 0.0211 e. The average Bonchev–Trinajstić information content (AvgIpc) is 2.26. The molecule has 0 aromatic rings. The zero-order valence-electron chi connectivity index (χ0n) is 9.88. The van der Waals surface area contributed by atoms with Crippen molar-refractivity contribution >= 4 is 11.8 Å². The molecule has 1 fully saturated rings. The van der Waals surface area contributed by atoms with Crippen LogP contribution >= 0.6 is 11.8 Å². The van der Waals surface area contributed by atoms with Gasteiger partial charge in [-0.15, -0.1) is 0 Å². The summed E-state index contributed by atoms with van der Waals surface area (Å²) in [4.78, 5) is 0. The highest BCUT2D eigenvalue weighted by Crippen LogP contribution is 2.31. The molecule has 14 heavy (non-hydrogen) atoms. The first-order valence-corrected chi connectivity index (χ1v) is 7.19. The van der Waals surface area contributed by atoms with Gasteiger partial charge in [0.25, 0.3) is 0 Å². The quantitative estimate of drug-likeness (QED) is 0.755. The molecule has 0 amide bonds. The van der Waals surface area contributed by atoms with Gasteiger partial charge >= 0.3 is 0 Å². The van der Waals surface area contributed by atoms with E-state index in [-0.39, 0.29) is 0 Å². The van der Waals surface area contributed by atoms with Crippen molar-refractivity contribution in [3.63, 3.8) is 0 Å². The zero-order chi connectivity index (χ0) is 10.4. The van der Waals surface area contributed by atoms with E-state index in [1.165, 1.54) is 31.4 Å². The Hall–Kier alpha value is 0.310. The van der Waals surface area contributed by atoms with E-state index in [1.54, 1.807) is 0 Å². The molecule has 1 saturated heterocycles. The summed E-state index contributed by atoms with van der Waals surface area (Å²) in [5.41, 5.74) is 0. The Labute approximate surface area is 93.4 Å². The molecule has 0 aliphatic carbocycles. The fourth-order valence-electron chi connectivity index (χ4n) is 2.24. The van der Waals surface area contributed by atoms with Crippen LogP contribution < -0.4 is 5.32 Å². The van der Waals surface area contributed by atoms with Crippen LogP contribution in [0.25, 0.3) is 0 Å². The van der Waals surface area contributed by atoms with Crippen LogP contribution in [0.5, 0.6) is 0 Å². The molecule has 0 bridgehead atoms. The Morgan fingerprint density at radius 1 is 1.36 bits per heavy atom. The van der Waals surface area contributed by atoms with Gasteiger partial charge in [-0.05, 0) is 31.1 Å². The molecule has 3 unspecified atom stereocenters. The maximum absolute atomic E-state index is 3.68. The monoisotopic (exact) mass is 215 g/mol. The van der Waals surface area contributed by atoms with E-state index in [1.807, 2.05) is 0 Å². The van der Waals surface area contributed by atoms with Crippen LogP contribution in [0.15, 0.2) is 0 Å². The maximum atomic E-state index is 3.68. The molecule has 3 atom stereocenters. The lowest BCUT2D eigenvalue weighted by molar-refractivity contribution is 0.349. The second kappa shape index (κ2) is 6.73. The van der Waals surface area contributed by atoms with Gasteiger partial charge in [-0.2, -0.15) is 11.8 Å². The van der Waals surface area contributed by atoms with Crippen molar-refractivity contribution in [3.05, 3.63) is 0 Å². The summed E-state index contributed by atoms with van der Waals surface area (Å²) in [7, 11) is 0. The smallest absolute Gasteiger partial charge is 0.0211 e. The van der Waals surface area contributed by atoms with E-state index >= 15 is 0 Å². The van der Waals surface area contributed by atoms with E-state index in [0.29, 0.717) is 0 Å². The fourth-order valence-corrected chi connectivity index (χ4v) is 3.82. The molecular weight excluding hydrogens is 190 g/mol. The Morgan fingerprint density at radius 2 is 2.14 bits per heavy atom. The van der Waals surface area contributed by atoms with Crippen molar-refractivity contribution < 1.29 is 0 Å². The van der Waals surface area contributed by atoms with Crippen molar-refractivity contribution in [2.45, 2.75) is 57.7 Å². The fraction of sp³-hybridized carbons (Fsp3) is 1.00. The van der Waals surface area contributed by atoms with Crippen LogP contribution in [0, 0.1) is 5.92 Å². The van der Waals surface area contributed by atoms with E-state index in [2.05, 4.69) is 37.8 Å². The average molecular weight is 215 g/mol. The van der Waals surface area contributed by atoms with Gasteiger partial charge in [0.15, 0.2) is 0 Å². The van der Waals surface area contributed by atoms with Gasteiger partial charge in [0.2, 0.25) is 0 Å². The van der Waals surface area contributed by atoms with Crippen molar-refractivity contribution in [1.82, 2.24) is 5.32 Å². The van der Waals surface area contributed by atoms with Gasteiger partial charge in [-0.25, -0.2) is 0 Å². The molecule has 0 saturated carbocycles. The van der Waals surface area contributed by atoms with Gasteiger partial charge in [0.1, 0.15) is 0 Å². The molecule has 84 valence electrons. The van der Waals surface area contributed by atoms with Crippen LogP contribution in [0.2, 0.25) is 0 Å². The highest BCUT2D eigenvalue weighted by molar-refractivity contribution is 8.00. The minimum absolute atomic E-state index is 0.746. The normalized spacial score (nSPS) is 27.2. The Kier molecular flexibility index (Phi) is 5.95. The molecule has 1 rings (SSSR count). The largest absolute Gasteiger partial charge is 0.313 e. The van der Waals surface area contributed by atoms with Crippen molar-refractivity contribution in [2.24, 2.45) is 5.92 Å². The van der Waals surface area contributed by atoms with Crippen LogP contribution in [-0.2, 0) is 0 Å². The summed E-state index contributed by atoms with van der Waals surface area (Å²) < 4.78 is 0. The number of hydrogen-bond donors (Lipinski definition) is 1. The number of nitrogens with one attached hydrogen (secondary N) is 1. The Bertz CT molecular complexity index is 143. The highest BCUT2D eigenvalue weighted by Gasteiger charge is 2.26. The predicted molar refractivity (Wildman–Crippen MR) is 67.0 cm³/mol. The van der Waals surface area contributed by atoms with Gasteiger partial charge < -0.3 is 5.32 Å². The molecule has 1 aliphatic rings. The van der Waals surface area contributed by atoms with E-state index in [9.17, 15) is 0 Å². The Morgan fingerprint density at radius 3 is 2.64 bits per heavy atom. The van der Waals surface area contributed by atoms with Crippen LogP contribution in [0.3, 0.4) is 0 Å². The van der Waals surface area contributed by atoms with Gasteiger partial charge in [-0.3, -0.25) is 0 Å². The summed E-state index contributed by atoms with van der Waals surface area (Å²) in [6.45, 7) is 8.04. The zero-order valence-corrected chi connectivity index (χ0v) is 10.7. The number of hydrogen-bond acceptors (Lipinski definition) is 2. The third kappa shape index (κ3) is 3.47. The first-order chi connectivity index (χ1) is 6.79. The minimum Gasteiger partial charge on any atom is -0.313 e. The second-order valence-electron chi connectivity index (χ2n) is 4.37. The SMILES string of the molecule is CCNC(C(C)CC)C1CCCCS1. The summed E-state index contributed by atoms with van der Waals surface area (Å²) >= 11 is 2.19. The summed E-state index contributed by atoms with van der Waals surface area (Å²) in [6, 6.07) is 0.746. The van der Waals surface area contributed by atoms with E-state index in [4.69, 9.17) is 0 Å². The third-order valence-corrected chi connectivity index (χ3v) is 4.79. The molecular formula is C12H25NS. The predicted octanol–water partition coefficient (Wildman–Crippen LogP) is 3.30. The van der Waals surface area contributed by atoms with Crippen LogP contribution in [-0.4, -0.2) is 23.6 Å². The molecule has 1 heterocycles. The molecule has 1 aliphatic heterocycles. The first kappa shape index (κ1) is 12.4. The number of rotatable bonds is 5. The number of thioether (sulfide) groups is 1. The van der Waals surface area contributed by atoms with Gasteiger partial charge in [0, 0.05) is 11.3 Å². The molecule has 0 aromatic heterocycles. The second-order valence-corrected chi connectivity index (χ2v) is 5.72. The van der Waals surface area contributed by atoms with E-state index < -0.39 is 0 Å². The minimum atomic E-state index is 0.746. The van der Waals surface area contributed by atoms with Crippen molar-refractivity contribution in [2.75, 3.05) is 12.3 Å². The van der Waals surface area contributed by atoms with Crippen molar-refractivity contribution in [3.8, 4) is 0 Å². The topological polar surface area (TPSA) is 12.0 Å². The molecule has 0 aromatic carbocycles. The van der Waals surface area contributed by atoms with Gasteiger partial charge in [0.05, 0.1) is 0 Å². The third-order valence-electron chi connectivity index (χ3n) is 3.31. The summed E-state index contributed by atoms with van der Waals surface area (Å²) in [5.74, 6) is 2.20.